The molecule has 1 aromatic rings. The van der Waals surface area contributed by atoms with Gasteiger partial charge in [0.2, 0.25) is 10.0 Å². The lowest BCUT2D eigenvalue weighted by molar-refractivity contribution is 0.356. The van der Waals surface area contributed by atoms with Crippen LogP contribution in [0.1, 0.15) is 6.42 Å². The Morgan fingerprint density at radius 3 is 2.84 bits per heavy atom. The molecular formula is C12H18BrN3O2S. The summed E-state index contributed by atoms with van der Waals surface area (Å²) in [7, 11) is 0.252. The minimum atomic E-state index is -3.44. The average Bonchev–Trinajstić information content (AvgIpc) is 2.74. The molecule has 1 fully saturated rings. The molecule has 7 heteroatoms. The van der Waals surface area contributed by atoms with Crippen LogP contribution in [0.2, 0.25) is 0 Å². The highest BCUT2D eigenvalue weighted by atomic mass is 79.9. The number of nitrogens with zero attached hydrogens (tertiary/aromatic N) is 3. The lowest BCUT2D eigenvalue weighted by atomic mass is 10.1. The molecule has 1 saturated heterocycles. The summed E-state index contributed by atoms with van der Waals surface area (Å²) in [6.07, 6.45) is 4.01. The predicted molar refractivity (Wildman–Crippen MR) is 77.4 cm³/mol. The van der Waals surface area contributed by atoms with Gasteiger partial charge in [-0.05, 0) is 47.9 Å². The SMILES string of the molecule is CN1CCC(CN(C)S(=O)(=O)c2cncc(Br)c2)C1. The lowest BCUT2D eigenvalue weighted by Gasteiger charge is -2.20. The summed E-state index contributed by atoms with van der Waals surface area (Å²) in [6.45, 7) is 2.55. The van der Waals surface area contributed by atoms with Crippen molar-refractivity contribution in [3.8, 4) is 0 Å². The molecule has 1 aliphatic rings. The van der Waals surface area contributed by atoms with E-state index in [4.69, 9.17) is 0 Å². The van der Waals surface area contributed by atoms with Crippen LogP contribution in [0.3, 0.4) is 0 Å². The fraction of sp³-hybridized carbons (Fsp3) is 0.583. The average molecular weight is 348 g/mol. The summed E-state index contributed by atoms with van der Waals surface area (Å²) < 4.78 is 26.9. The highest BCUT2D eigenvalue weighted by Gasteiger charge is 2.27. The molecule has 0 saturated carbocycles. The molecule has 1 aliphatic heterocycles. The fourth-order valence-electron chi connectivity index (χ4n) is 2.35. The van der Waals surface area contributed by atoms with E-state index in [1.165, 1.54) is 10.5 Å². The van der Waals surface area contributed by atoms with Crippen molar-refractivity contribution >= 4 is 26.0 Å². The second-order valence-corrected chi connectivity index (χ2v) is 8.00. The number of hydrogen-bond acceptors (Lipinski definition) is 4. The van der Waals surface area contributed by atoms with Gasteiger partial charge in [-0.1, -0.05) is 0 Å². The summed E-state index contributed by atoms with van der Waals surface area (Å²) in [5, 5.41) is 0. The maximum absolute atomic E-state index is 12.4. The Morgan fingerprint density at radius 1 is 1.53 bits per heavy atom. The van der Waals surface area contributed by atoms with Crippen LogP contribution in [-0.4, -0.2) is 56.3 Å². The Bertz CT molecular complexity index is 550. The third-order valence-corrected chi connectivity index (χ3v) is 5.61. The van der Waals surface area contributed by atoms with Crippen molar-refractivity contribution in [3.63, 3.8) is 0 Å². The number of aromatic nitrogens is 1. The second kappa shape index (κ2) is 5.87. The van der Waals surface area contributed by atoms with E-state index < -0.39 is 10.0 Å². The molecule has 106 valence electrons. The zero-order valence-corrected chi connectivity index (χ0v) is 13.5. The van der Waals surface area contributed by atoms with Gasteiger partial charge in [0.25, 0.3) is 0 Å². The van der Waals surface area contributed by atoms with Crippen molar-refractivity contribution in [3.05, 3.63) is 22.9 Å². The van der Waals surface area contributed by atoms with Crippen molar-refractivity contribution in [2.24, 2.45) is 5.92 Å². The van der Waals surface area contributed by atoms with E-state index in [1.54, 1.807) is 19.3 Å². The molecule has 19 heavy (non-hydrogen) atoms. The van der Waals surface area contributed by atoms with E-state index in [2.05, 4.69) is 32.9 Å². The zero-order chi connectivity index (χ0) is 14.0. The molecule has 2 heterocycles. The van der Waals surface area contributed by atoms with E-state index in [9.17, 15) is 8.42 Å². The molecule has 0 aliphatic carbocycles. The highest BCUT2D eigenvalue weighted by Crippen LogP contribution is 2.21. The van der Waals surface area contributed by atoms with Gasteiger partial charge < -0.3 is 4.90 Å². The number of sulfonamides is 1. The van der Waals surface area contributed by atoms with Crippen molar-refractivity contribution in [1.82, 2.24) is 14.2 Å². The lowest BCUT2D eigenvalue weighted by Crippen LogP contribution is -2.33. The zero-order valence-electron chi connectivity index (χ0n) is 11.1. The first-order valence-electron chi connectivity index (χ1n) is 6.15. The first-order valence-corrected chi connectivity index (χ1v) is 8.38. The maximum Gasteiger partial charge on any atom is 0.244 e. The van der Waals surface area contributed by atoms with Crippen LogP contribution < -0.4 is 0 Å². The van der Waals surface area contributed by atoms with E-state index in [0.29, 0.717) is 16.9 Å². The first kappa shape index (κ1) is 14.9. The van der Waals surface area contributed by atoms with Gasteiger partial charge in [-0.25, -0.2) is 12.7 Å². The maximum atomic E-state index is 12.4. The first-order chi connectivity index (χ1) is 8.89. The number of pyridine rings is 1. The van der Waals surface area contributed by atoms with Gasteiger partial charge in [-0.15, -0.1) is 0 Å². The molecule has 2 rings (SSSR count). The Labute approximate surface area is 122 Å². The Kier molecular flexibility index (Phi) is 4.60. The summed E-state index contributed by atoms with van der Waals surface area (Å²) in [6, 6.07) is 1.58. The molecule has 1 aromatic heterocycles. The van der Waals surface area contributed by atoms with E-state index in [-0.39, 0.29) is 4.90 Å². The minimum absolute atomic E-state index is 0.232. The molecule has 0 aromatic carbocycles. The van der Waals surface area contributed by atoms with Gasteiger partial charge in [0, 0.05) is 37.0 Å². The summed E-state index contributed by atoms with van der Waals surface area (Å²) >= 11 is 3.25. The quantitative estimate of drug-likeness (QED) is 0.826. The Balaban J connectivity index is 2.11. The van der Waals surface area contributed by atoms with Crippen LogP contribution in [0.25, 0.3) is 0 Å². The van der Waals surface area contributed by atoms with Gasteiger partial charge in [-0.2, -0.15) is 0 Å². The normalized spacial score (nSPS) is 21.2. The Hall–Kier alpha value is -0.500. The van der Waals surface area contributed by atoms with Crippen LogP contribution in [-0.2, 0) is 10.0 Å². The molecule has 0 spiro atoms. The Morgan fingerprint density at radius 2 is 2.26 bits per heavy atom. The standard InChI is InChI=1S/C12H18BrN3O2S/c1-15-4-3-10(8-15)9-16(2)19(17,18)12-5-11(13)6-14-7-12/h5-7,10H,3-4,8-9H2,1-2H3. The molecule has 0 amide bonds. The second-order valence-electron chi connectivity index (χ2n) is 5.04. The van der Waals surface area contributed by atoms with Crippen LogP contribution in [0.4, 0.5) is 0 Å². The number of hydrogen-bond donors (Lipinski definition) is 0. The topological polar surface area (TPSA) is 53.5 Å². The number of rotatable bonds is 4. The molecular weight excluding hydrogens is 330 g/mol. The largest absolute Gasteiger partial charge is 0.306 e. The van der Waals surface area contributed by atoms with Gasteiger partial charge in [0.1, 0.15) is 4.90 Å². The fourth-order valence-corrected chi connectivity index (χ4v) is 4.10. The van der Waals surface area contributed by atoms with Crippen molar-refractivity contribution in [2.75, 3.05) is 33.7 Å². The summed E-state index contributed by atoms with van der Waals surface area (Å²) in [5.74, 6) is 0.407. The molecule has 0 radical (unpaired) electrons. The highest BCUT2D eigenvalue weighted by molar-refractivity contribution is 9.10. The van der Waals surface area contributed by atoms with Crippen LogP contribution in [0, 0.1) is 5.92 Å². The van der Waals surface area contributed by atoms with Crippen LogP contribution >= 0.6 is 15.9 Å². The monoisotopic (exact) mass is 347 g/mol. The third-order valence-electron chi connectivity index (χ3n) is 3.39. The number of likely N-dealkylation sites (tertiary alicyclic amines) is 1. The molecule has 0 bridgehead atoms. The number of halogens is 1. The third kappa shape index (κ3) is 3.53. The van der Waals surface area contributed by atoms with Gasteiger partial charge in [-0.3, -0.25) is 4.98 Å². The van der Waals surface area contributed by atoms with E-state index in [0.717, 1.165) is 19.5 Å². The van der Waals surface area contributed by atoms with Gasteiger partial charge >= 0.3 is 0 Å². The molecule has 1 unspecified atom stereocenters. The van der Waals surface area contributed by atoms with E-state index in [1.807, 2.05) is 0 Å². The van der Waals surface area contributed by atoms with Crippen LogP contribution in [0.15, 0.2) is 27.8 Å². The van der Waals surface area contributed by atoms with Gasteiger partial charge in [0.15, 0.2) is 0 Å². The summed E-state index contributed by atoms with van der Waals surface area (Å²) in [4.78, 5) is 6.38. The smallest absolute Gasteiger partial charge is 0.244 e. The van der Waals surface area contributed by atoms with E-state index >= 15 is 0 Å². The van der Waals surface area contributed by atoms with Crippen molar-refractivity contribution in [1.29, 1.82) is 0 Å². The van der Waals surface area contributed by atoms with Crippen LogP contribution in [0.5, 0.6) is 0 Å². The van der Waals surface area contributed by atoms with Gasteiger partial charge in [0.05, 0.1) is 0 Å². The van der Waals surface area contributed by atoms with Crippen molar-refractivity contribution < 1.29 is 8.42 Å². The summed E-state index contributed by atoms with van der Waals surface area (Å²) in [5.41, 5.74) is 0. The molecule has 5 nitrogen and oxygen atoms in total. The predicted octanol–water partition coefficient (Wildman–Crippen LogP) is 1.42. The van der Waals surface area contributed by atoms with Crippen molar-refractivity contribution in [2.45, 2.75) is 11.3 Å². The minimum Gasteiger partial charge on any atom is -0.306 e. The molecule has 1 atom stereocenters. The molecule has 0 N–H and O–H groups in total.